The van der Waals surface area contributed by atoms with Gasteiger partial charge in [-0.05, 0) is 45.8 Å². The fraction of sp³-hybridized carbons (Fsp3) is 0.143. The normalized spacial score (nSPS) is 17.6. The fourth-order valence-electron chi connectivity index (χ4n) is 2.05. The predicted molar refractivity (Wildman–Crippen MR) is 77.5 cm³/mol. The van der Waals surface area contributed by atoms with Crippen LogP contribution in [0.5, 0.6) is 5.75 Å². The zero-order valence-electron chi connectivity index (χ0n) is 9.49. The first kappa shape index (κ1) is 11.9. The zero-order valence-corrected chi connectivity index (χ0v) is 11.8. The fourth-order valence-corrected chi connectivity index (χ4v) is 2.71. The van der Waals surface area contributed by atoms with Gasteiger partial charge in [0.2, 0.25) is 0 Å². The van der Waals surface area contributed by atoms with E-state index in [2.05, 4.69) is 21.2 Å². The van der Waals surface area contributed by atoms with Gasteiger partial charge in [-0.2, -0.15) is 0 Å². The molecule has 1 aliphatic rings. The SMILES string of the molecule is Clc1cccc(C2CNc3cccc(Br)c3O2)c1. The summed E-state index contributed by atoms with van der Waals surface area (Å²) in [6.45, 7) is 0.740. The van der Waals surface area contributed by atoms with Crippen molar-refractivity contribution in [2.45, 2.75) is 6.10 Å². The van der Waals surface area contributed by atoms with Gasteiger partial charge >= 0.3 is 0 Å². The molecular weight excluding hydrogens is 314 g/mol. The third-order valence-electron chi connectivity index (χ3n) is 2.93. The number of halogens is 2. The zero-order chi connectivity index (χ0) is 12.5. The van der Waals surface area contributed by atoms with Crippen molar-refractivity contribution >= 4 is 33.2 Å². The average Bonchev–Trinajstić information content (AvgIpc) is 2.39. The molecule has 2 aromatic carbocycles. The molecule has 4 heteroatoms. The Hall–Kier alpha value is -1.19. The molecular formula is C14H11BrClNO. The second-order valence-electron chi connectivity index (χ2n) is 4.16. The van der Waals surface area contributed by atoms with Gasteiger partial charge in [0.05, 0.1) is 16.7 Å². The first-order valence-electron chi connectivity index (χ1n) is 5.68. The monoisotopic (exact) mass is 323 g/mol. The van der Waals surface area contributed by atoms with Crippen molar-refractivity contribution in [2.75, 3.05) is 11.9 Å². The summed E-state index contributed by atoms with van der Waals surface area (Å²) in [4.78, 5) is 0. The smallest absolute Gasteiger partial charge is 0.157 e. The molecule has 0 aliphatic carbocycles. The standard InChI is InChI=1S/C14H11BrClNO/c15-11-5-2-6-12-14(11)18-13(8-17-12)9-3-1-4-10(16)7-9/h1-7,13,17H,8H2. The molecule has 1 aliphatic heterocycles. The second kappa shape index (κ2) is 4.82. The lowest BCUT2D eigenvalue weighted by molar-refractivity contribution is 0.209. The Bertz CT molecular complexity index is 588. The van der Waals surface area contributed by atoms with Crippen LogP contribution in [0, 0.1) is 0 Å². The lowest BCUT2D eigenvalue weighted by atomic mass is 10.1. The maximum Gasteiger partial charge on any atom is 0.157 e. The Morgan fingerprint density at radius 2 is 2.06 bits per heavy atom. The molecule has 0 saturated carbocycles. The molecule has 1 N–H and O–H groups in total. The summed E-state index contributed by atoms with van der Waals surface area (Å²) in [6.07, 6.45) is -0.0186. The van der Waals surface area contributed by atoms with Crippen molar-refractivity contribution in [3.05, 3.63) is 57.5 Å². The van der Waals surface area contributed by atoms with Crippen molar-refractivity contribution in [2.24, 2.45) is 0 Å². The third kappa shape index (κ3) is 2.20. The van der Waals surface area contributed by atoms with Crippen LogP contribution in [0.1, 0.15) is 11.7 Å². The molecule has 0 saturated heterocycles. The number of fused-ring (bicyclic) bond motifs is 1. The molecule has 2 nitrogen and oxygen atoms in total. The number of benzene rings is 2. The largest absolute Gasteiger partial charge is 0.481 e. The molecule has 18 heavy (non-hydrogen) atoms. The summed E-state index contributed by atoms with van der Waals surface area (Å²) in [5.74, 6) is 0.855. The van der Waals surface area contributed by atoms with Crippen molar-refractivity contribution in [3.63, 3.8) is 0 Å². The average molecular weight is 325 g/mol. The highest BCUT2D eigenvalue weighted by atomic mass is 79.9. The third-order valence-corrected chi connectivity index (χ3v) is 3.79. The molecule has 1 heterocycles. The Labute approximate surface area is 119 Å². The van der Waals surface area contributed by atoms with E-state index in [4.69, 9.17) is 16.3 Å². The van der Waals surface area contributed by atoms with Crippen LogP contribution in [-0.4, -0.2) is 6.54 Å². The van der Waals surface area contributed by atoms with Gasteiger partial charge in [-0.25, -0.2) is 0 Å². The Balaban J connectivity index is 1.93. The van der Waals surface area contributed by atoms with Gasteiger partial charge in [0.15, 0.2) is 5.75 Å². The Morgan fingerprint density at radius 1 is 1.22 bits per heavy atom. The summed E-state index contributed by atoms with van der Waals surface area (Å²) in [7, 11) is 0. The van der Waals surface area contributed by atoms with E-state index in [1.807, 2.05) is 42.5 Å². The van der Waals surface area contributed by atoms with E-state index in [1.165, 1.54) is 0 Å². The number of ether oxygens (including phenoxy) is 1. The van der Waals surface area contributed by atoms with Gasteiger partial charge in [-0.1, -0.05) is 29.8 Å². The van der Waals surface area contributed by atoms with Crippen LogP contribution in [0.4, 0.5) is 5.69 Å². The van der Waals surface area contributed by atoms with E-state index < -0.39 is 0 Å². The van der Waals surface area contributed by atoms with E-state index in [0.29, 0.717) is 0 Å². The van der Waals surface area contributed by atoms with E-state index in [0.717, 1.165) is 33.0 Å². The summed E-state index contributed by atoms with van der Waals surface area (Å²) in [5, 5.41) is 4.10. The topological polar surface area (TPSA) is 21.3 Å². The predicted octanol–water partition coefficient (Wildman–Crippen LogP) is 4.65. The van der Waals surface area contributed by atoms with E-state index in [-0.39, 0.29) is 6.10 Å². The number of para-hydroxylation sites is 1. The number of hydrogen-bond acceptors (Lipinski definition) is 2. The van der Waals surface area contributed by atoms with E-state index in [1.54, 1.807) is 0 Å². The van der Waals surface area contributed by atoms with Gasteiger partial charge < -0.3 is 10.1 Å². The van der Waals surface area contributed by atoms with Gasteiger partial charge in [-0.3, -0.25) is 0 Å². The highest BCUT2D eigenvalue weighted by Gasteiger charge is 2.22. The van der Waals surface area contributed by atoms with Crippen molar-refractivity contribution in [3.8, 4) is 5.75 Å². The molecule has 0 aromatic heterocycles. The molecule has 1 unspecified atom stereocenters. The quantitative estimate of drug-likeness (QED) is 0.824. The number of nitrogens with one attached hydrogen (secondary N) is 1. The van der Waals surface area contributed by atoms with Crippen LogP contribution >= 0.6 is 27.5 Å². The minimum Gasteiger partial charge on any atom is -0.481 e. The van der Waals surface area contributed by atoms with Gasteiger partial charge in [0, 0.05) is 5.02 Å². The van der Waals surface area contributed by atoms with Crippen LogP contribution in [0.25, 0.3) is 0 Å². The molecule has 92 valence electrons. The highest BCUT2D eigenvalue weighted by molar-refractivity contribution is 9.10. The molecule has 0 bridgehead atoms. The molecule has 3 rings (SSSR count). The van der Waals surface area contributed by atoms with Crippen molar-refractivity contribution < 1.29 is 4.74 Å². The van der Waals surface area contributed by atoms with Crippen molar-refractivity contribution in [1.82, 2.24) is 0 Å². The van der Waals surface area contributed by atoms with Crippen LogP contribution < -0.4 is 10.1 Å². The van der Waals surface area contributed by atoms with E-state index in [9.17, 15) is 0 Å². The molecule has 0 radical (unpaired) electrons. The van der Waals surface area contributed by atoms with Gasteiger partial charge in [-0.15, -0.1) is 0 Å². The molecule has 0 fully saturated rings. The lowest BCUT2D eigenvalue weighted by Gasteiger charge is -2.28. The van der Waals surface area contributed by atoms with Crippen LogP contribution in [0.15, 0.2) is 46.9 Å². The maximum absolute atomic E-state index is 6.04. The Morgan fingerprint density at radius 3 is 2.89 bits per heavy atom. The summed E-state index contributed by atoms with van der Waals surface area (Å²) >= 11 is 9.52. The van der Waals surface area contributed by atoms with E-state index >= 15 is 0 Å². The molecule has 1 atom stereocenters. The van der Waals surface area contributed by atoms with Crippen LogP contribution in [0.2, 0.25) is 5.02 Å². The van der Waals surface area contributed by atoms with Gasteiger partial charge in [0.1, 0.15) is 6.10 Å². The van der Waals surface area contributed by atoms with Gasteiger partial charge in [0.25, 0.3) is 0 Å². The number of hydrogen-bond donors (Lipinski definition) is 1. The molecule has 2 aromatic rings. The minimum absolute atomic E-state index is 0.0186. The Kier molecular flexibility index (Phi) is 3.18. The highest BCUT2D eigenvalue weighted by Crippen LogP contribution is 2.39. The second-order valence-corrected chi connectivity index (χ2v) is 5.45. The summed E-state index contributed by atoms with van der Waals surface area (Å²) < 4.78 is 6.99. The van der Waals surface area contributed by atoms with Crippen molar-refractivity contribution in [1.29, 1.82) is 0 Å². The number of rotatable bonds is 1. The molecule has 0 spiro atoms. The van der Waals surface area contributed by atoms with Crippen LogP contribution in [-0.2, 0) is 0 Å². The first-order chi connectivity index (χ1) is 8.74. The first-order valence-corrected chi connectivity index (χ1v) is 6.85. The lowest BCUT2D eigenvalue weighted by Crippen LogP contribution is -2.23. The summed E-state index contributed by atoms with van der Waals surface area (Å²) in [5.41, 5.74) is 2.10. The maximum atomic E-state index is 6.04. The number of anilines is 1. The minimum atomic E-state index is -0.0186. The molecule has 0 amide bonds. The van der Waals surface area contributed by atoms with Crippen LogP contribution in [0.3, 0.4) is 0 Å². The summed E-state index contributed by atoms with van der Waals surface area (Å²) in [6, 6.07) is 13.7.